The van der Waals surface area contributed by atoms with Gasteiger partial charge in [-0.05, 0) is 37.8 Å². The number of nitrogens with zero attached hydrogens (tertiary/aromatic N) is 4. The average Bonchev–Trinajstić information content (AvgIpc) is 2.92. The molecule has 0 spiro atoms. The van der Waals surface area contributed by atoms with Crippen molar-refractivity contribution in [2.75, 3.05) is 26.2 Å². The maximum atomic E-state index is 13.5. The summed E-state index contributed by atoms with van der Waals surface area (Å²) in [5.74, 6) is -0.285. The number of benzene rings is 1. The molecule has 6 nitrogen and oxygen atoms in total. The predicted molar refractivity (Wildman–Crippen MR) is 159 cm³/mol. The van der Waals surface area contributed by atoms with Gasteiger partial charge in [-0.1, -0.05) is 88.7 Å². The molecular formula is C30H40Cl2N4O2. The lowest BCUT2D eigenvalue weighted by molar-refractivity contribution is 0.0738. The van der Waals surface area contributed by atoms with Gasteiger partial charge in [-0.3, -0.25) is 9.59 Å². The van der Waals surface area contributed by atoms with E-state index in [4.69, 9.17) is 33.2 Å². The molecule has 0 saturated heterocycles. The topological polar surface area (TPSA) is 66.4 Å². The molecule has 0 aliphatic carbocycles. The Kier molecular flexibility index (Phi) is 11.6. The molecule has 206 valence electrons. The molecule has 0 bridgehead atoms. The van der Waals surface area contributed by atoms with Crippen LogP contribution in [0.25, 0.3) is 21.8 Å². The highest BCUT2D eigenvalue weighted by Crippen LogP contribution is 2.33. The second-order valence-corrected chi connectivity index (χ2v) is 10.6. The first-order valence-electron chi connectivity index (χ1n) is 14.0. The molecule has 0 N–H and O–H groups in total. The van der Waals surface area contributed by atoms with Crippen LogP contribution in [-0.2, 0) is 0 Å². The first-order chi connectivity index (χ1) is 18.4. The molecule has 0 radical (unpaired) electrons. The van der Waals surface area contributed by atoms with Gasteiger partial charge in [-0.2, -0.15) is 0 Å². The number of rotatable bonds is 14. The Morgan fingerprint density at radius 3 is 1.24 bits per heavy atom. The second kappa shape index (κ2) is 14.6. The van der Waals surface area contributed by atoms with Crippen molar-refractivity contribution in [3.05, 3.63) is 45.7 Å². The van der Waals surface area contributed by atoms with E-state index < -0.39 is 0 Å². The van der Waals surface area contributed by atoms with Crippen LogP contribution in [0.5, 0.6) is 0 Å². The van der Waals surface area contributed by atoms with Crippen molar-refractivity contribution in [2.45, 2.75) is 79.1 Å². The third kappa shape index (κ3) is 7.15. The first-order valence-corrected chi connectivity index (χ1v) is 14.8. The van der Waals surface area contributed by atoms with Crippen LogP contribution in [0, 0.1) is 0 Å². The Morgan fingerprint density at radius 2 is 0.947 bits per heavy atom. The minimum absolute atomic E-state index is 0.142. The summed E-state index contributed by atoms with van der Waals surface area (Å²) in [5, 5.41) is 2.19. The molecule has 2 amide bonds. The number of halogens is 2. The van der Waals surface area contributed by atoms with E-state index in [-0.39, 0.29) is 23.2 Å². The van der Waals surface area contributed by atoms with Crippen LogP contribution in [0.4, 0.5) is 0 Å². The number of carbonyl (C=O) groups excluding carboxylic acids is 2. The van der Waals surface area contributed by atoms with Crippen molar-refractivity contribution in [3.8, 4) is 0 Å². The molecule has 38 heavy (non-hydrogen) atoms. The molecule has 2 heterocycles. The monoisotopic (exact) mass is 558 g/mol. The second-order valence-electron chi connectivity index (χ2n) is 9.84. The van der Waals surface area contributed by atoms with Gasteiger partial charge < -0.3 is 9.80 Å². The molecule has 0 aliphatic rings. The van der Waals surface area contributed by atoms with Crippen LogP contribution in [0.1, 0.15) is 100 Å². The maximum absolute atomic E-state index is 13.5. The van der Waals surface area contributed by atoms with Crippen molar-refractivity contribution in [1.82, 2.24) is 19.8 Å². The molecule has 8 heteroatoms. The van der Waals surface area contributed by atoms with Crippen LogP contribution < -0.4 is 0 Å². The summed E-state index contributed by atoms with van der Waals surface area (Å²) >= 11 is 13.4. The van der Waals surface area contributed by atoms with Gasteiger partial charge in [0.2, 0.25) is 0 Å². The highest BCUT2D eigenvalue weighted by Gasteiger charge is 2.22. The Balaban J connectivity index is 2.11. The van der Waals surface area contributed by atoms with E-state index in [1.807, 2.05) is 21.9 Å². The highest BCUT2D eigenvalue weighted by atomic mass is 35.5. The van der Waals surface area contributed by atoms with Gasteiger partial charge in [0.15, 0.2) is 0 Å². The van der Waals surface area contributed by atoms with Crippen LogP contribution in [0.15, 0.2) is 24.3 Å². The molecule has 0 atom stereocenters. The van der Waals surface area contributed by atoms with Crippen LogP contribution in [0.2, 0.25) is 10.0 Å². The quantitative estimate of drug-likeness (QED) is 0.187. The number of hydrogen-bond donors (Lipinski definition) is 0. The van der Waals surface area contributed by atoms with E-state index in [1.165, 1.54) is 0 Å². The SMILES string of the molecule is CCCCN(CCCC)C(=O)c1cc(Cl)c2ccc3c(Cl)cc(C(=O)N(CCCC)CCCC)nc3c2n1. The molecule has 0 aliphatic heterocycles. The normalized spacial score (nSPS) is 11.3. The maximum Gasteiger partial charge on any atom is 0.272 e. The fourth-order valence-electron chi connectivity index (χ4n) is 4.46. The van der Waals surface area contributed by atoms with Crippen LogP contribution in [-0.4, -0.2) is 57.8 Å². The number of aromatic nitrogens is 2. The largest absolute Gasteiger partial charge is 0.337 e. The summed E-state index contributed by atoms with van der Waals surface area (Å²) < 4.78 is 0. The third-order valence-electron chi connectivity index (χ3n) is 6.80. The molecule has 0 fully saturated rings. The van der Waals surface area contributed by atoms with Gasteiger partial charge in [0.05, 0.1) is 21.1 Å². The third-order valence-corrected chi connectivity index (χ3v) is 7.42. The lowest BCUT2D eigenvalue weighted by atomic mass is 10.1. The smallest absolute Gasteiger partial charge is 0.272 e. The number of pyridine rings is 2. The van der Waals surface area contributed by atoms with Gasteiger partial charge in [-0.25, -0.2) is 9.97 Å². The predicted octanol–water partition coefficient (Wildman–Crippen LogP) is 8.17. The Labute approximate surface area is 236 Å². The number of fused-ring (bicyclic) bond motifs is 3. The molecule has 0 unspecified atom stereocenters. The molecule has 2 aromatic heterocycles. The number of unbranched alkanes of at least 4 members (excludes halogenated alkanes) is 4. The summed E-state index contributed by atoms with van der Waals surface area (Å²) in [5.41, 5.74) is 1.53. The number of amides is 2. The van der Waals surface area contributed by atoms with E-state index in [2.05, 4.69) is 27.7 Å². The number of hydrogen-bond acceptors (Lipinski definition) is 4. The Hall–Kier alpha value is -2.44. The lowest BCUT2D eigenvalue weighted by Crippen LogP contribution is -2.33. The van der Waals surface area contributed by atoms with Crippen LogP contribution in [0.3, 0.4) is 0 Å². The van der Waals surface area contributed by atoms with E-state index in [1.54, 1.807) is 12.1 Å². The standard InChI is InChI=1S/C30H40Cl2N4O2/c1-5-9-15-35(16-10-6-2)29(37)25-19-23(31)21-13-14-22-24(32)20-26(34-28(22)27(21)33-25)30(38)36(17-11-7-3)18-12-8-4/h13-14,19-20H,5-12,15-18H2,1-4H3. The summed E-state index contributed by atoms with van der Waals surface area (Å²) in [4.78, 5) is 40.3. The Morgan fingerprint density at radius 1 is 0.632 bits per heavy atom. The molecule has 3 rings (SSSR count). The molecular weight excluding hydrogens is 519 g/mol. The van der Waals surface area contributed by atoms with Gasteiger partial charge in [0.25, 0.3) is 11.8 Å². The van der Waals surface area contributed by atoms with Crippen molar-refractivity contribution < 1.29 is 9.59 Å². The summed E-state index contributed by atoms with van der Waals surface area (Å²) in [6.45, 7) is 11.2. The zero-order valence-corrected chi connectivity index (χ0v) is 24.7. The zero-order valence-electron chi connectivity index (χ0n) is 23.2. The van der Waals surface area contributed by atoms with Crippen molar-refractivity contribution >= 4 is 56.8 Å². The number of carbonyl (C=O) groups is 2. The van der Waals surface area contributed by atoms with E-state index in [0.717, 1.165) is 51.4 Å². The van der Waals surface area contributed by atoms with Crippen molar-refractivity contribution in [1.29, 1.82) is 0 Å². The lowest BCUT2D eigenvalue weighted by Gasteiger charge is -2.23. The molecule has 3 aromatic rings. The molecule has 0 saturated carbocycles. The van der Waals surface area contributed by atoms with E-state index >= 15 is 0 Å². The Bertz CT molecular complexity index is 1150. The van der Waals surface area contributed by atoms with Crippen LogP contribution >= 0.6 is 23.2 Å². The summed E-state index contributed by atoms with van der Waals surface area (Å²) in [6, 6.07) is 6.96. The van der Waals surface area contributed by atoms with Gasteiger partial charge in [0, 0.05) is 37.0 Å². The summed E-state index contributed by atoms with van der Waals surface area (Å²) in [6.07, 6.45) is 7.70. The van der Waals surface area contributed by atoms with Gasteiger partial charge >= 0.3 is 0 Å². The van der Waals surface area contributed by atoms with Gasteiger partial charge in [-0.15, -0.1) is 0 Å². The zero-order chi connectivity index (χ0) is 27.7. The van der Waals surface area contributed by atoms with E-state index in [0.29, 0.717) is 58.0 Å². The fraction of sp³-hybridized carbons (Fsp3) is 0.533. The van der Waals surface area contributed by atoms with Crippen molar-refractivity contribution in [2.24, 2.45) is 0 Å². The van der Waals surface area contributed by atoms with E-state index in [9.17, 15) is 9.59 Å². The van der Waals surface area contributed by atoms with Crippen molar-refractivity contribution in [3.63, 3.8) is 0 Å². The minimum atomic E-state index is -0.142. The molecule has 1 aromatic carbocycles. The fourth-order valence-corrected chi connectivity index (χ4v) is 4.97. The van der Waals surface area contributed by atoms with Gasteiger partial charge in [0.1, 0.15) is 11.4 Å². The highest BCUT2D eigenvalue weighted by molar-refractivity contribution is 6.38. The first kappa shape index (κ1) is 30.1. The average molecular weight is 560 g/mol. The minimum Gasteiger partial charge on any atom is -0.337 e. The summed E-state index contributed by atoms with van der Waals surface area (Å²) in [7, 11) is 0.